The molecule has 0 aliphatic rings. The molecule has 0 saturated heterocycles. The highest BCUT2D eigenvalue weighted by atomic mass is 16.5. The van der Waals surface area contributed by atoms with Gasteiger partial charge in [0, 0.05) is 5.57 Å². The second-order valence-electron chi connectivity index (χ2n) is 2.81. The Hall–Kier alpha value is -2.02. The molecule has 0 saturated carbocycles. The van der Waals surface area contributed by atoms with Crippen molar-refractivity contribution in [3.8, 4) is 6.07 Å². The van der Waals surface area contributed by atoms with Gasteiger partial charge in [-0.05, 0) is 26.0 Å². The molecule has 0 unspecified atom stereocenters. The Labute approximate surface area is 87.8 Å². The van der Waals surface area contributed by atoms with Crippen molar-refractivity contribution in [2.75, 3.05) is 6.61 Å². The molecule has 0 aliphatic carbocycles. The van der Waals surface area contributed by atoms with E-state index in [1.165, 1.54) is 6.26 Å². The van der Waals surface area contributed by atoms with Gasteiger partial charge in [0.05, 0.1) is 12.9 Å². The highest BCUT2D eigenvalue weighted by Crippen LogP contribution is 2.19. The highest BCUT2D eigenvalue weighted by molar-refractivity contribution is 6.00. The number of hydrogen-bond acceptors (Lipinski definition) is 4. The van der Waals surface area contributed by atoms with E-state index in [1.807, 2.05) is 6.07 Å². The van der Waals surface area contributed by atoms with Crippen LogP contribution in [-0.2, 0) is 9.53 Å². The van der Waals surface area contributed by atoms with Crippen molar-refractivity contribution >= 4 is 11.5 Å². The van der Waals surface area contributed by atoms with Crippen molar-refractivity contribution < 1.29 is 13.9 Å². The third-order valence-electron chi connectivity index (χ3n) is 1.86. The Morgan fingerprint density at radius 2 is 2.40 bits per heavy atom. The average Bonchev–Trinajstić information content (AvgIpc) is 2.71. The Bertz CT molecular complexity index is 410. The maximum atomic E-state index is 11.4. The number of allylic oxidation sites excluding steroid dienone is 1. The summed E-state index contributed by atoms with van der Waals surface area (Å²) < 4.78 is 9.84. The molecule has 0 amide bonds. The minimum atomic E-state index is -0.617. The summed E-state index contributed by atoms with van der Waals surface area (Å²) in [6, 6.07) is 5.20. The van der Waals surface area contributed by atoms with Crippen LogP contribution in [0.5, 0.6) is 0 Å². The number of hydrogen-bond donors (Lipinski definition) is 0. The predicted octanol–water partition coefficient (Wildman–Crippen LogP) is 2.14. The molecule has 0 aliphatic heterocycles. The van der Waals surface area contributed by atoms with Crippen LogP contribution in [0.2, 0.25) is 0 Å². The molecule has 0 radical (unpaired) electrons. The molecule has 0 N–H and O–H groups in total. The number of ether oxygens (including phenoxy) is 1. The summed E-state index contributed by atoms with van der Waals surface area (Å²) in [7, 11) is 0. The summed E-state index contributed by atoms with van der Waals surface area (Å²) in [6.07, 6.45) is 1.49. The van der Waals surface area contributed by atoms with Gasteiger partial charge in [0.15, 0.2) is 0 Å². The second kappa shape index (κ2) is 5.01. The molecule has 0 spiro atoms. The zero-order chi connectivity index (χ0) is 11.3. The average molecular weight is 205 g/mol. The lowest BCUT2D eigenvalue weighted by molar-refractivity contribution is -0.137. The molecule has 15 heavy (non-hydrogen) atoms. The van der Waals surface area contributed by atoms with Crippen molar-refractivity contribution in [2.24, 2.45) is 0 Å². The van der Waals surface area contributed by atoms with Gasteiger partial charge in [-0.2, -0.15) is 5.26 Å². The lowest BCUT2D eigenvalue weighted by Gasteiger charge is -2.02. The van der Waals surface area contributed by atoms with E-state index in [-0.39, 0.29) is 12.2 Å². The standard InChI is InChI=1S/C11H11NO3/c1-3-14-11(13)9(7-12)8(2)10-5-4-6-15-10/h4-6H,3H2,1-2H3/b9-8-. The Kier molecular flexibility index (Phi) is 3.69. The molecule has 1 aromatic rings. The first kappa shape index (κ1) is 11.1. The quantitative estimate of drug-likeness (QED) is 0.431. The summed E-state index contributed by atoms with van der Waals surface area (Å²) in [5, 5.41) is 8.84. The largest absolute Gasteiger partial charge is 0.465 e. The van der Waals surface area contributed by atoms with Gasteiger partial charge in [-0.1, -0.05) is 0 Å². The number of nitriles is 1. The van der Waals surface area contributed by atoms with E-state index in [4.69, 9.17) is 14.4 Å². The van der Waals surface area contributed by atoms with Gasteiger partial charge >= 0.3 is 5.97 Å². The third-order valence-corrected chi connectivity index (χ3v) is 1.86. The lowest BCUT2D eigenvalue weighted by atomic mass is 10.1. The van der Waals surface area contributed by atoms with Crippen LogP contribution in [0, 0.1) is 11.3 Å². The fraction of sp³-hybridized carbons (Fsp3) is 0.273. The number of carbonyl (C=O) groups excluding carboxylic acids is 1. The van der Waals surface area contributed by atoms with E-state index in [0.29, 0.717) is 11.3 Å². The molecule has 1 rings (SSSR count). The SMILES string of the molecule is CCOC(=O)/C(C#N)=C(/C)c1ccco1. The normalized spacial score (nSPS) is 11.5. The number of nitrogens with zero attached hydrogens (tertiary/aromatic N) is 1. The van der Waals surface area contributed by atoms with Crippen LogP contribution in [-0.4, -0.2) is 12.6 Å². The Morgan fingerprint density at radius 3 is 2.87 bits per heavy atom. The number of carbonyl (C=O) groups is 1. The molecule has 4 nitrogen and oxygen atoms in total. The lowest BCUT2D eigenvalue weighted by Crippen LogP contribution is -2.07. The van der Waals surface area contributed by atoms with Gasteiger partial charge in [-0.15, -0.1) is 0 Å². The van der Waals surface area contributed by atoms with Gasteiger partial charge in [0.2, 0.25) is 0 Å². The summed E-state index contributed by atoms with van der Waals surface area (Å²) >= 11 is 0. The van der Waals surface area contributed by atoms with E-state index in [0.717, 1.165) is 0 Å². The van der Waals surface area contributed by atoms with Gasteiger partial charge in [-0.3, -0.25) is 0 Å². The summed E-state index contributed by atoms with van der Waals surface area (Å²) in [4.78, 5) is 11.4. The molecule has 1 aromatic heterocycles. The van der Waals surface area contributed by atoms with Gasteiger partial charge < -0.3 is 9.15 Å². The minimum Gasteiger partial charge on any atom is -0.465 e. The van der Waals surface area contributed by atoms with Crippen LogP contribution in [0.3, 0.4) is 0 Å². The molecule has 4 heteroatoms. The smallest absolute Gasteiger partial charge is 0.349 e. The maximum Gasteiger partial charge on any atom is 0.349 e. The first-order valence-corrected chi connectivity index (χ1v) is 4.52. The fourth-order valence-corrected chi connectivity index (χ4v) is 1.10. The van der Waals surface area contributed by atoms with E-state index >= 15 is 0 Å². The molecular formula is C11H11NO3. The molecule has 0 aromatic carbocycles. The summed E-state index contributed by atoms with van der Waals surface area (Å²) in [5.74, 6) is -0.117. The third kappa shape index (κ3) is 2.47. The Balaban J connectivity index is 3.05. The van der Waals surface area contributed by atoms with Gasteiger partial charge in [0.1, 0.15) is 17.4 Å². The molecule has 0 bridgehead atoms. The fourth-order valence-electron chi connectivity index (χ4n) is 1.10. The van der Waals surface area contributed by atoms with Crippen molar-refractivity contribution in [3.63, 3.8) is 0 Å². The molecular weight excluding hydrogens is 194 g/mol. The van der Waals surface area contributed by atoms with Crippen LogP contribution in [0.1, 0.15) is 19.6 Å². The number of rotatable bonds is 3. The van der Waals surface area contributed by atoms with Gasteiger partial charge in [0.25, 0.3) is 0 Å². The first-order chi connectivity index (χ1) is 7.20. The van der Waals surface area contributed by atoms with E-state index in [2.05, 4.69) is 0 Å². The van der Waals surface area contributed by atoms with Crippen LogP contribution in [0.4, 0.5) is 0 Å². The first-order valence-electron chi connectivity index (χ1n) is 4.52. The van der Waals surface area contributed by atoms with Crippen LogP contribution < -0.4 is 0 Å². The zero-order valence-corrected chi connectivity index (χ0v) is 8.61. The van der Waals surface area contributed by atoms with Crippen LogP contribution in [0.25, 0.3) is 5.57 Å². The van der Waals surface area contributed by atoms with E-state index in [9.17, 15) is 4.79 Å². The molecule has 78 valence electrons. The Morgan fingerprint density at radius 1 is 1.67 bits per heavy atom. The second-order valence-corrected chi connectivity index (χ2v) is 2.81. The summed E-state index contributed by atoms with van der Waals surface area (Å²) in [5.41, 5.74) is 0.466. The maximum absolute atomic E-state index is 11.4. The van der Waals surface area contributed by atoms with Crippen molar-refractivity contribution in [1.29, 1.82) is 5.26 Å². The van der Waals surface area contributed by atoms with Crippen molar-refractivity contribution in [2.45, 2.75) is 13.8 Å². The highest BCUT2D eigenvalue weighted by Gasteiger charge is 2.15. The minimum absolute atomic E-state index is 0.0215. The van der Waals surface area contributed by atoms with E-state index < -0.39 is 5.97 Å². The monoisotopic (exact) mass is 205 g/mol. The van der Waals surface area contributed by atoms with Gasteiger partial charge in [-0.25, -0.2) is 4.79 Å². The van der Waals surface area contributed by atoms with Crippen molar-refractivity contribution in [3.05, 3.63) is 29.7 Å². The zero-order valence-electron chi connectivity index (χ0n) is 8.61. The van der Waals surface area contributed by atoms with E-state index in [1.54, 1.807) is 26.0 Å². The topological polar surface area (TPSA) is 63.2 Å². The van der Waals surface area contributed by atoms with Crippen molar-refractivity contribution in [1.82, 2.24) is 0 Å². The predicted molar refractivity (Wildman–Crippen MR) is 53.5 cm³/mol. The number of esters is 1. The van der Waals surface area contributed by atoms with Crippen LogP contribution >= 0.6 is 0 Å². The van der Waals surface area contributed by atoms with Crippen LogP contribution in [0.15, 0.2) is 28.4 Å². The summed E-state index contributed by atoms with van der Waals surface area (Å²) in [6.45, 7) is 3.58. The number of furan rings is 1. The molecule has 0 atom stereocenters. The molecule has 0 fully saturated rings. The molecule has 1 heterocycles.